The number of ether oxygens (including phenoxy) is 2. The lowest BCUT2D eigenvalue weighted by atomic mass is 10.1. The van der Waals surface area contributed by atoms with E-state index < -0.39 is 6.10 Å². The van der Waals surface area contributed by atoms with Crippen LogP contribution >= 0.6 is 0 Å². The van der Waals surface area contributed by atoms with Crippen LogP contribution in [-0.2, 0) is 4.79 Å². The van der Waals surface area contributed by atoms with Gasteiger partial charge in [0, 0.05) is 11.8 Å². The van der Waals surface area contributed by atoms with Crippen LogP contribution in [-0.4, -0.2) is 24.9 Å². The number of ketones is 1. The van der Waals surface area contributed by atoms with Gasteiger partial charge >= 0.3 is 0 Å². The van der Waals surface area contributed by atoms with Crippen molar-refractivity contribution >= 4 is 17.4 Å². The Morgan fingerprint density at radius 1 is 1.08 bits per heavy atom. The molecule has 0 aliphatic heterocycles. The number of methoxy groups -OCH3 is 1. The van der Waals surface area contributed by atoms with E-state index in [1.165, 1.54) is 14.0 Å². The lowest BCUT2D eigenvalue weighted by Gasteiger charge is -2.18. The van der Waals surface area contributed by atoms with E-state index in [9.17, 15) is 9.59 Å². The van der Waals surface area contributed by atoms with E-state index in [1.54, 1.807) is 25.1 Å². The molecular formula is C20H23NO4. The van der Waals surface area contributed by atoms with Crippen LogP contribution in [0.5, 0.6) is 11.5 Å². The summed E-state index contributed by atoms with van der Waals surface area (Å²) in [4.78, 5) is 24.2. The Morgan fingerprint density at radius 3 is 2.40 bits per heavy atom. The van der Waals surface area contributed by atoms with Gasteiger partial charge in [0.25, 0.3) is 5.91 Å². The summed E-state index contributed by atoms with van der Waals surface area (Å²) >= 11 is 0. The molecule has 0 radical (unpaired) electrons. The van der Waals surface area contributed by atoms with E-state index in [1.807, 2.05) is 32.0 Å². The third kappa shape index (κ3) is 4.59. The molecule has 0 heterocycles. The van der Waals surface area contributed by atoms with E-state index in [0.717, 1.165) is 16.8 Å². The van der Waals surface area contributed by atoms with Gasteiger partial charge < -0.3 is 14.8 Å². The lowest BCUT2D eigenvalue weighted by Crippen LogP contribution is -2.30. The summed E-state index contributed by atoms with van der Waals surface area (Å²) < 4.78 is 10.9. The second-order valence-electron chi connectivity index (χ2n) is 5.99. The molecule has 0 aliphatic rings. The van der Waals surface area contributed by atoms with Crippen molar-refractivity contribution in [3.63, 3.8) is 0 Å². The Bertz CT molecular complexity index is 798. The van der Waals surface area contributed by atoms with Gasteiger partial charge in [-0.15, -0.1) is 0 Å². The minimum absolute atomic E-state index is 0.139. The minimum Gasteiger partial charge on any atom is -0.497 e. The van der Waals surface area contributed by atoms with Gasteiger partial charge in [0.05, 0.1) is 12.7 Å². The Hall–Kier alpha value is -2.82. The molecule has 5 heteroatoms. The van der Waals surface area contributed by atoms with E-state index >= 15 is 0 Å². The smallest absolute Gasteiger partial charge is 0.265 e. The number of aryl methyl sites for hydroxylation is 2. The fraction of sp³-hybridized carbons (Fsp3) is 0.300. The van der Waals surface area contributed by atoms with Crippen molar-refractivity contribution < 1.29 is 19.1 Å². The quantitative estimate of drug-likeness (QED) is 0.809. The van der Waals surface area contributed by atoms with Crippen LogP contribution < -0.4 is 14.8 Å². The molecule has 25 heavy (non-hydrogen) atoms. The highest BCUT2D eigenvalue weighted by Gasteiger charge is 2.19. The van der Waals surface area contributed by atoms with Gasteiger partial charge in [-0.2, -0.15) is 0 Å². The number of hydrogen-bond acceptors (Lipinski definition) is 4. The second kappa shape index (κ2) is 7.83. The third-order valence-electron chi connectivity index (χ3n) is 3.88. The minimum atomic E-state index is -0.772. The van der Waals surface area contributed by atoms with Crippen molar-refractivity contribution in [2.75, 3.05) is 12.4 Å². The molecule has 2 rings (SSSR count). The topological polar surface area (TPSA) is 64.6 Å². The molecular weight excluding hydrogens is 318 g/mol. The molecule has 2 aromatic rings. The van der Waals surface area contributed by atoms with Crippen LogP contribution in [0.4, 0.5) is 5.69 Å². The molecule has 5 nitrogen and oxygen atoms in total. The fourth-order valence-electron chi connectivity index (χ4n) is 2.45. The van der Waals surface area contributed by atoms with Crippen LogP contribution in [0.25, 0.3) is 0 Å². The maximum Gasteiger partial charge on any atom is 0.265 e. The van der Waals surface area contributed by atoms with Crippen molar-refractivity contribution in [1.29, 1.82) is 0 Å². The average Bonchev–Trinajstić information content (AvgIpc) is 2.56. The first-order chi connectivity index (χ1) is 11.8. The molecule has 1 unspecified atom stereocenters. The van der Waals surface area contributed by atoms with Gasteiger partial charge in [0.2, 0.25) is 0 Å². The number of carbonyl (C=O) groups excluding carboxylic acids is 2. The summed E-state index contributed by atoms with van der Waals surface area (Å²) in [6.07, 6.45) is -0.772. The third-order valence-corrected chi connectivity index (χ3v) is 3.88. The van der Waals surface area contributed by atoms with Gasteiger partial charge in [-0.25, -0.2) is 0 Å². The molecule has 0 saturated carbocycles. The molecule has 0 fully saturated rings. The van der Waals surface area contributed by atoms with Gasteiger partial charge in [0.15, 0.2) is 11.9 Å². The van der Waals surface area contributed by atoms with Crippen molar-refractivity contribution in [2.24, 2.45) is 0 Å². The average molecular weight is 341 g/mol. The molecule has 2 aromatic carbocycles. The van der Waals surface area contributed by atoms with Crippen molar-refractivity contribution in [1.82, 2.24) is 0 Å². The fourth-order valence-corrected chi connectivity index (χ4v) is 2.45. The summed E-state index contributed by atoms with van der Waals surface area (Å²) in [5.74, 6) is 0.459. The number of rotatable bonds is 6. The molecule has 0 bridgehead atoms. The van der Waals surface area contributed by atoms with Crippen molar-refractivity contribution in [2.45, 2.75) is 33.8 Å². The normalized spacial score (nSPS) is 11.6. The van der Waals surface area contributed by atoms with Crippen molar-refractivity contribution in [3.8, 4) is 11.5 Å². The van der Waals surface area contributed by atoms with Gasteiger partial charge in [-0.3, -0.25) is 9.59 Å². The van der Waals surface area contributed by atoms with E-state index in [-0.39, 0.29) is 11.7 Å². The number of Topliss-reactive ketones (excluding diaryl/α,β-unsaturated/α-hetero) is 1. The molecule has 0 spiro atoms. The summed E-state index contributed by atoms with van der Waals surface area (Å²) in [6.45, 7) is 7.03. The molecule has 1 atom stereocenters. The number of amides is 1. The van der Waals surface area contributed by atoms with Crippen LogP contribution in [0, 0.1) is 13.8 Å². The molecule has 132 valence electrons. The Morgan fingerprint density at radius 2 is 1.80 bits per heavy atom. The zero-order valence-corrected chi connectivity index (χ0v) is 15.2. The van der Waals surface area contributed by atoms with E-state index in [0.29, 0.717) is 17.1 Å². The standard InChI is InChI=1S/C20H23NO4/c1-12-6-9-18(13(2)10-12)21-20(23)15(4)25-19-11-16(24-5)7-8-17(19)14(3)22/h6-11,15H,1-5H3,(H,21,23). The summed E-state index contributed by atoms with van der Waals surface area (Å²) in [7, 11) is 1.53. The molecule has 1 N–H and O–H groups in total. The van der Waals surface area contributed by atoms with E-state index in [4.69, 9.17) is 9.47 Å². The summed E-state index contributed by atoms with van der Waals surface area (Å²) in [6, 6.07) is 10.7. The zero-order chi connectivity index (χ0) is 18.6. The Balaban J connectivity index is 2.17. The van der Waals surface area contributed by atoms with Crippen molar-refractivity contribution in [3.05, 3.63) is 53.1 Å². The summed E-state index contributed by atoms with van der Waals surface area (Å²) in [5, 5.41) is 2.85. The predicted molar refractivity (Wildman–Crippen MR) is 97.6 cm³/mol. The molecule has 0 aliphatic carbocycles. The zero-order valence-electron chi connectivity index (χ0n) is 15.2. The Labute approximate surface area is 148 Å². The number of carbonyl (C=O) groups is 2. The van der Waals surface area contributed by atoms with Gasteiger partial charge in [-0.1, -0.05) is 17.7 Å². The SMILES string of the molecule is COc1ccc(C(C)=O)c(OC(C)C(=O)Nc2ccc(C)cc2C)c1. The van der Waals surface area contributed by atoms with Crippen LogP contribution in [0.2, 0.25) is 0 Å². The number of anilines is 1. The largest absolute Gasteiger partial charge is 0.497 e. The first-order valence-corrected chi connectivity index (χ1v) is 8.05. The first kappa shape index (κ1) is 18.5. The summed E-state index contributed by atoms with van der Waals surface area (Å²) in [5.41, 5.74) is 3.25. The first-order valence-electron chi connectivity index (χ1n) is 8.05. The number of benzene rings is 2. The molecule has 0 aromatic heterocycles. The van der Waals surface area contributed by atoms with Gasteiger partial charge in [0.1, 0.15) is 11.5 Å². The monoisotopic (exact) mass is 341 g/mol. The highest BCUT2D eigenvalue weighted by Crippen LogP contribution is 2.26. The lowest BCUT2D eigenvalue weighted by molar-refractivity contribution is -0.122. The maximum absolute atomic E-state index is 12.4. The highest BCUT2D eigenvalue weighted by atomic mass is 16.5. The second-order valence-corrected chi connectivity index (χ2v) is 5.99. The molecule has 1 amide bonds. The number of nitrogens with one attached hydrogen (secondary N) is 1. The van der Waals surface area contributed by atoms with Gasteiger partial charge in [-0.05, 0) is 51.5 Å². The van der Waals surface area contributed by atoms with E-state index in [2.05, 4.69) is 5.32 Å². The van der Waals surface area contributed by atoms with Crippen LogP contribution in [0.3, 0.4) is 0 Å². The Kier molecular flexibility index (Phi) is 5.80. The van der Waals surface area contributed by atoms with Crippen LogP contribution in [0.15, 0.2) is 36.4 Å². The maximum atomic E-state index is 12.4. The predicted octanol–water partition coefficient (Wildman–Crippen LogP) is 3.92. The highest BCUT2D eigenvalue weighted by molar-refractivity contribution is 5.98. The molecule has 0 saturated heterocycles. The van der Waals surface area contributed by atoms with Crippen LogP contribution in [0.1, 0.15) is 35.3 Å². The number of hydrogen-bond donors (Lipinski definition) is 1.